The largest absolute Gasteiger partial charge is 0.480 e. The summed E-state index contributed by atoms with van der Waals surface area (Å²) in [6.07, 6.45) is 1.64. The first-order valence-corrected chi connectivity index (χ1v) is 7.82. The molecule has 1 aromatic carbocycles. The zero-order valence-electron chi connectivity index (χ0n) is 10.5. The Morgan fingerprint density at radius 2 is 2.24 bits per heavy atom. The lowest BCUT2D eigenvalue weighted by molar-refractivity contribution is -0.146. The third-order valence-electron chi connectivity index (χ3n) is 2.74. The van der Waals surface area contributed by atoms with Gasteiger partial charge in [0.15, 0.2) is 6.04 Å². The van der Waals surface area contributed by atoms with Crippen LogP contribution >= 0.6 is 39.9 Å². The lowest BCUT2D eigenvalue weighted by atomic mass is 10.2. The maximum Gasteiger partial charge on any atom is 0.329 e. The van der Waals surface area contributed by atoms with Crippen LogP contribution < -0.4 is 0 Å². The predicted octanol–water partition coefficient (Wildman–Crippen LogP) is 2.10. The molecule has 0 unspecified atom stereocenters. The van der Waals surface area contributed by atoms with Crippen LogP contribution in [0.1, 0.15) is 5.56 Å². The molecule has 8 heteroatoms. The molecule has 1 saturated heterocycles. The monoisotopic (exact) mass is 387 g/mol. The summed E-state index contributed by atoms with van der Waals surface area (Å²) in [6, 6.07) is 5.97. The van der Waals surface area contributed by atoms with Crippen LogP contribution in [0.25, 0.3) is 6.08 Å². The Balaban J connectivity index is 2.31. The fourth-order valence-corrected chi connectivity index (χ4v) is 3.54. The van der Waals surface area contributed by atoms with Gasteiger partial charge in [0.2, 0.25) is 0 Å². The molecule has 1 heterocycles. The second kappa shape index (κ2) is 6.69. The van der Waals surface area contributed by atoms with Crippen LogP contribution in [0, 0.1) is 0 Å². The molecular weight excluding hydrogens is 378 g/mol. The zero-order valence-corrected chi connectivity index (χ0v) is 13.7. The number of amides is 1. The lowest BCUT2D eigenvalue weighted by Gasteiger charge is -2.20. The van der Waals surface area contributed by atoms with E-state index >= 15 is 0 Å². The zero-order chi connectivity index (χ0) is 15.6. The van der Waals surface area contributed by atoms with Gasteiger partial charge >= 0.3 is 5.97 Å². The average Bonchev–Trinajstić information content (AvgIpc) is 2.67. The highest BCUT2D eigenvalue weighted by Gasteiger charge is 2.40. The van der Waals surface area contributed by atoms with E-state index in [2.05, 4.69) is 15.9 Å². The quantitative estimate of drug-likeness (QED) is 0.608. The van der Waals surface area contributed by atoms with Crippen molar-refractivity contribution < 1.29 is 19.8 Å². The summed E-state index contributed by atoms with van der Waals surface area (Å²) in [5, 5.41) is 18.2. The predicted molar refractivity (Wildman–Crippen MR) is 87.7 cm³/mol. The number of nitrogens with zero attached hydrogens (tertiary/aromatic N) is 1. The Labute approximate surface area is 138 Å². The number of aliphatic hydroxyl groups excluding tert-OH is 1. The van der Waals surface area contributed by atoms with E-state index in [-0.39, 0.29) is 4.32 Å². The van der Waals surface area contributed by atoms with Crippen LogP contribution in [0.4, 0.5) is 0 Å². The number of rotatable bonds is 4. The standard InChI is InChI=1S/C13H10BrNO4S2/c14-8-3-1-2-7(4-8)5-10-11(17)15(13(20)21-10)9(6-16)12(18)19/h1-5,9,16H,6H2,(H,18,19)/b10-5-/t9-/m0/s1. The number of carboxylic acids is 1. The number of halogens is 1. The van der Waals surface area contributed by atoms with E-state index in [1.807, 2.05) is 24.3 Å². The van der Waals surface area contributed by atoms with Crippen LogP contribution in [0.2, 0.25) is 0 Å². The maximum atomic E-state index is 12.3. The Morgan fingerprint density at radius 3 is 2.81 bits per heavy atom. The van der Waals surface area contributed by atoms with Gasteiger partial charge in [-0.2, -0.15) is 0 Å². The minimum atomic E-state index is -1.36. The first-order valence-electron chi connectivity index (χ1n) is 5.80. The molecule has 1 atom stereocenters. The van der Waals surface area contributed by atoms with Crippen molar-refractivity contribution in [2.75, 3.05) is 6.61 Å². The van der Waals surface area contributed by atoms with E-state index in [0.29, 0.717) is 4.91 Å². The third-order valence-corrected chi connectivity index (χ3v) is 4.56. The molecule has 2 N–H and O–H groups in total. The maximum absolute atomic E-state index is 12.3. The van der Waals surface area contributed by atoms with Gasteiger partial charge in [-0.3, -0.25) is 9.69 Å². The molecule has 0 aliphatic carbocycles. The van der Waals surface area contributed by atoms with Crippen molar-refractivity contribution >= 4 is 62.2 Å². The van der Waals surface area contributed by atoms with Gasteiger partial charge in [-0.05, 0) is 23.8 Å². The highest BCUT2D eigenvalue weighted by atomic mass is 79.9. The number of aliphatic hydroxyl groups is 1. The number of benzene rings is 1. The van der Waals surface area contributed by atoms with Crippen molar-refractivity contribution in [3.63, 3.8) is 0 Å². The SMILES string of the molecule is O=C(O)[C@H](CO)N1C(=O)/C(=C/c2cccc(Br)c2)SC1=S. The minimum absolute atomic E-state index is 0.127. The molecule has 2 rings (SSSR count). The second-order valence-electron chi connectivity index (χ2n) is 4.14. The van der Waals surface area contributed by atoms with Crippen molar-refractivity contribution in [3.8, 4) is 0 Å². The number of thioether (sulfide) groups is 1. The van der Waals surface area contributed by atoms with Crippen LogP contribution in [-0.2, 0) is 9.59 Å². The highest BCUT2D eigenvalue weighted by Crippen LogP contribution is 2.34. The van der Waals surface area contributed by atoms with Gasteiger partial charge in [0.05, 0.1) is 11.5 Å². The second-order valence-corrected chi connectivity index (χ2v) is 6.73. The Morgan fingerprint density at radius 1 is 1.52 bits per heavy atom. The molecule has 110 valence electrons. The van der Waals surface area contributed by atoms with Crippen LogP contribution in [0.3, 0.4) is 0 Å². The fraction of sp³-hybridized carbons (Fsp3) is 0.154. The van der Waals surface area contributed by atoms with E-state index in [1.54, 1.807) is 6.08 Å². The molecule has 1 amide bonds. The van der Waals surface area contributed by atoms with Gasteiger partial charge in [-0.25, -0.2) is 4.79 Å². The van der Waals surface area contributed by atoms with Crippen molar-refractivity contribution in [3.05, 3.63) is 39.2 Å². The summed E-state index contributed by atoms with van der Waals surface area (Å²) >= 11 is 9.40. The van der Waals surface area contributed by atoms with E-state index in [4.69, 9.17) is 22.4 Å². The minimum Gasteiger partial charge on any atom is -0.480 e. The normalized spacial score (nSPS) is 18.4. The smallest absolute Gasteiger partial charge is 0.329 e. The summed E-state index contributed by atoms with van der Waals surface area (Å²) in [7, 11) is 0. The van der Waals surface area contributed by atoms with E-state index in [9.17, 15) is 9.59 Å². The molecule has 0 saturated carbocycles. The van der Waals surface area contributed by atoms with E-state index in [1.165, 1.54) is 0 Å². The Hall–Kier alpha value is -1.22. The van der Waals surface area contributed by atoms with Gasteiger partial charge in [0.1, 0.15) is 4.32 Å². The molecule has 1 aliphatic heterocycles. The molecule has 1 aromatic rings. The van der Waals surface area contributed by atoms with Crippen molar-refractivity contribution in [1.82, 2.24) is 4.90 Å². The molecule has 21 heavy (non-hydrogen) atoms. The number of aliphatic carboxylic acids is 1. The van der Waals surface area contributed by atoms with Gasteiger partial charge in [0, 0.05) is 4.47 Å². The summed E-state index contributed by atoms with van der Waals surface area (Å²) in [5.74, 6) is -1.80. The summed E-state index contributed by atoms with van der Waals surface area (Å²) in [4.78, 5) is 24.6. The Kier molecular flexibility index (Phi) is 5.15. The van der Waals surface area contributed by atoms with Gasteiger partial charge < -0.3 is 10.2 Å². The summed E-state index contributed by atoms with van der Waals surface area (Å²) < 4.78 is 0.994. The third kappa shape index (κ3) is 3.52. The number of thiocarbonyl (C=S) groups is 1. The fourth-order valence-electron chi connectivity index (χ4n) is 1.77. The van der Waals surface area contributed by atoms with Gasteiger partial charge in [0.25, 0.3) is 5.91 Å². The molecule has 0 radical (unpaired) electrons. The topological polar surface area (TPSA) is 77.8 Å². The summed E-state index contributed by atoms with van der Waals surface area (Å²) in [6.45, 7) is -0.689. The molecule has 0 aromatic heterocycles. The molecule has 5 nitrogen and oxygen atoms in total. The summed E-state index contributed by atoms with van der Waals surface area (Å²) in [5.41, 5.74) is 0.792. The molecule has 1 fully saturated rings. The molecule has 1 aliphatic rings. The van der Waals surface area contributed by atoms with E-state index in [0.717, 1.165) is 26.7 Å². The Bertz CT molecular complexity index is 647. The average molecular weight is 388 g/mol. The number of hydrogen-bond acceptors (Lipinski definition) is 5. The molecular formula is C13H10BrNO4S2. The van der Waals surface area contributed by atoms with Crippen molar-refractivity contribution in [2.45, 2.75) is 6.04 Å². The first kappa shape index (κ1) is 16.2. The number of carbonyl (C=O) groups is 2. The van der Waals surface area contributed by atoms with Crippen LogP contribution in [0.15, 0.2) is 33.6 Å². The van der Waals surface area contributed by atoms with Gasteiger partial charge in [-0.1, -0.05) is 52.0 Å². The highest BCUT2D eigenvalue weighted by molar-refractivity contribution is 9.10. The number of carbonyl (C=O) groups excluding carboxylic acids is 1. The van der Waals surface area contributed by atoms with Gasteiger partial charge in [-0.15, -0.1) is 0 Å². The van der Waals surface area contributed by atoms with Crippen molar-refractivity contribution in [2.24, 2.45) is 0 Å². The van der Waals surface area contributed by atoms with Crippen molar-refractivity contribution in [1.29, 1.82) is 0 Å². The first-order chi connectivity index (χ1) is 9.93. The lowest BCUT2D eigenvalue weighted by Crippen LogP contribution is -2.46. The van der Waals surface area contributed by atoms with Crippen LogP contribution in [-0.4, -0.2) is 44.0 Å². The van der Waals surface area contributed by atoms with Crippen LogP contribution in [0.5, 0.6) is 0 Å². The molecule has 0 spiro atoms. The number of carboxylic acid groups (broad SMARTS) is 1. The van der Waals surface area contributed by atoms with E-state index < -0.39 is 24.5 Å². The number of hydrogen-bond donors (Lipinski definition) is 2. The molecule has 0 bridgehead atoms.